The van der Waals surface area contributed by atoms with Gasteiger partial charge in [0.05, 0.1) is 12.3 Å². The lowest BCUT2D eigenvalue weighted by atomic mass is 10.1. The molecule has 1 aliphatic heterocycles. The molecule has 3 heterocycles. The molecule has 20 heavy (non-hydrogen) atoms. The fourth-order valence-electron chi connectivity index (χ4n) is 2.48. The van der Waals surface area contributed by atoms with Crippen LogP contribution in [0.3, 0.4) is 0 Å². The van der Waals surface area contributed by atoms with Gasteiger partial charge in [0, 0.05) is 31.2 Å². The van der Waals surface area contributed by atoms with Crippen LogP contribution in [0.15, 0.2) is 4.52 Å². The van der Waals surface area contributed by atoms with Crippen LogP contribution in [0.25, 0.3) is 0 Å². The van der Waals surface area contributed by atoms with E-state index >= 15 is 0 Å². The molecule has 0 spiro atoms. The number of rotatable bonds is 4. The molecule has 0 saturated carbocycles. The van der Waals surface area contributed by atoms with E-state index in [4.69, 9.17) is 9.26 Å². The first-order valence-corrected chi connectivity index (χ1v) is 7.06. The van der Waals surface area contributed by atoms with Gasteiger partial charge in [-0.15, -0.1) is 0 Å². The van der Waals surface area contributed by atoms with Crippen LogP contribution in [-0.2, 0) is 17.7 Å². The third-order valence-electron chi connectivity index (χ3n) is 4.06. The Morgan fingerprint density at radius 1 is 1.30 bits per heavy atom. The molecule has 1 atom stereocenters. The molecule has 2 aromatic heterocycles. The number of hydrogen-bond acceptors (Lipinski definition) is 5. The van der Waals surface area contributed by atoms with E-state index < -0.39 is 0 Å². The maximum absolute atomic E-state index is 5.35. The van der Waals surface area contributed by atoms with Crippen molar-refractivity contribution in [2.45, 2.75) is 46.1 Å². The van der Waals surface area contributed by atoms with Crippen LogP contribution >= 0.6 is 0 Å². The molecular weight excluding hydrogens is 256 g/mol. The molecule has 108 valence electrons. The van der Waals surface area contributed by atoms with Crippen molar-refractivity contribution in [3.05, 3.63) is 28.7 Å². The van der Waals surface area contributed by atoms with Crippen LogP contribution in [0.4, 0.5) is 0 Å². The van der Waals surface area contributed by atoms with Crippen LogP contribution < -0.4 is 0 Å². The smallest absolute Gasteiger partial charge is 0.228 e. The van der Waals surface area contributed by atoms with E-state index in [0.29, 0.717) is 24.8 Å². The van der Waals surface area contributed by atoms with Crippen molar-refractivity contribution in [2.75, 3.05) is 13.2 Å². The molecule has 0 N–H and O–H groups in total. The summed E-state index contributed by atoms with van der Waals surface area (Å²) in [6.07, 6.45) is 1.69. The molecule has 0 aliphatic carbocycles. The van der Waals surface area contributed by atoms with E-state index in [0.717, 1.165) is 31.1 Å². The van der Waals surface area contributed by atoms with Gasteiger partial charge in [0.1, 0.15) is 0 Å². The Bertz CT molecular complexity index is 596. The first-order chi connectivity index (χ1) is 9.65. The van der Waals surface area contributed by atoms with E-state index in [1.54, 1.807) is 0 Å². The summed E-state index contributed by atoms with van der Waals surface area (Å²) in [5, 5.41) is 8.58. The second kappa shape index (κ2) is 5.36. The second-order valence-electron chi connectivity index (χ2n) is 5.38. The molecule has 0 aromatic carbocycles. The Kier molecular flexibility index (Phi) is 3.56. The molecule has 1 fully saturated rings. The summed E-state index contributed by atoms with van der Waals surface area (Å²) in [5.41, 5.74) is 3.53. The highest BCUT2D eigenvalue weighted by Crippen LogP contribution is 2.22. The highest BCUT2D eigenvalue weighted by Gasteiger charge is 2.23. The zero-order chi connectivity index (χ0) is 14.1. The minimum atomic E-state index is 0.295. The van der Waals surface area contributed by atoms with E-state index in [-0.39, 0.29) is 0 Å². The number of aryl methyl sites for hydroxylation is 3. The fraction of sp³-hybridized carbons (Fsp3) is 0.643. The predicted octanol–water partition coefficient (Wildman–Crippen LogP) is 1.94. The number of ether oxygens (including phenoxy) is 1. The Morgan fingerprint density at radius 2 is 2.15 bits per heavy atom. The van der Waals surface area contributed by atoms with Crippen LogP contribution in [0.1, 0.15) is 41.0 Å². The third kappa shape index (κ3) is 2.47. The van der Waals surface area contributed by atoms with Gasteiger partial charge in [-0.25, -0.2) is 0 Å². The number of aromatic nitrogens is 4. The van der Waals surface area contributed by atoms with Crippen molar-refractivity contribution in [3.63, 3.8) is 0 Å². The molecule has 3 rings (SSSR count). The molecule has 6 heteroatoms. The average molecular weight is 276 g/mol. The molecule has 0 amide bonds. The topological polar surface area (TPSA) is 66.0 Å². The lowest BCUT2D eigenvalue weighted by molar-refractivity contribution is 0.192. The van der Waals surface area contributed by atoms with Gasteiger partial charge in [0.25, 0.3) is 0 Å². The maximum atomic E-state index is 5.35. The summed E-state index contributed by atoms with van der Waals surface area (Å²) in [4.78, 5) is 4.47. The first-order valence-electron chi connectivity index (χ1n) is 7.06. The number of hydrogen-bond donors (Lipinski definition) is 0. The molecule has 6 nitrogen and oxygen atoms in total. The SMILES string of the molecule is Cc1nn(CCc2nc([C@H]3CCOC3)no2)c(C)c1C. The van der Waals surface area contributed by atoms with Crippen LogP contribution in [0, 0.1) is 20.8 Å². The van der Waals surface area contributed by atoms with Crippen molar-refractivity contribution in [3.8, 4) is 0 Å². The summed E-state index contributed by atoms with van der Waals surface area (Å²) < 4.78 is 12.7. The molecule has 0 bridgehead atoms. The summed E-state index contributed by atoms with van der Waals surface area (Å²) >= 11 is 0. The Hall–Kier alpha value is -1.69. The number of nitrogens with zero attached hydrogens (tertiary/aromatic N) is 4. The minimum Gasteiger partial charge on any atom is -0.381 e. The lowest BCUT2D eigenvalue weighted by Gasteiger charge is -2.01. The highest BCUT2D eigenvalue weighted by atomic mass is 16.5. The van der Waals surface area contributed by atoms with Gasteiger partial charge < -0.3 is 9.26 Å². The van der Waals surface area contributed by atoms with E-state index in [1.165, 1.54) is 11.3 Å². The maximum Gasteiger partial charge on any atom is 0.228 e. The van der Waals surface area contributed by atoms with Crippen molar-refractivity contribution < 1.29 is 9.26 Å². The standard InChI is InChI=1S/C14H20N4O2/c1-9-10(2)16-18(11(9)3)6-4-13-15-14(17-20-13)12-5-7-19-8-12/h12H,4-8H2,1-3H3/t12-/m0/s1. The normalized spacial score (nSPS) is 18.9. The van der Waals surface area contributed by atoms with Gasteiger partial charge in [-0.05, 0) is 32.8 Å². The Labute approximate surface area is 118 Å². The molecular formula is C14H20N4O2. The van der Waals surface area contributed by atoms with Gasteiger partial charge in [-0.3, -0.25) is 4.68 Å². The second-order valence-corrected chi connectivity index (χ2v) is 5.38. The van der Waals surface area contributed by atoms with Crippen molar-refractivity contribution in [1.82, 2.24) is 19.9 Å². The highest BCUT2D eigenvalue weighted by molar-refractivity contribution is 5.22. The monoisotopic (exact) mass is 276 g/mol. The van der Waals surface area contributed by atoms with Gasteiger partial charge >= 0.3 is 0 Å². The summed E-state index contributed by atoms with van der Waals surface area (Å²) in [6.45, 7) is 8.48. The van der Waals surface area contributed by atoms with Gasteiger partial charge in [0.2, 0.25) is 5.89 Å². The summed E-state index contributed by atoms with van der Waals surface area (Å²) in [6, 6.07) is 0. The Balaban J connectivity index is 1.64. The van der Waals surface area contributed by atoms with Crippen molar-refractivity contribution >= 4 is 0 Å². The van der Waals surface area contributed by atoms with E-state index in [2.05, 4.69) is 29.1 Å². The zero-order valence-electron chi connectivity index (χ0n) is 12.2. The summed E-state index contributed by atoms with van der Waals surface area (Å²) in [5.74, 6) is 1.75. The van der Waals surface area contributed by atoms with Crippen molar-refractivity contribution in [1.29, 1.82) is 0 Å². The predicted molar refractivity (Wildman–Crippen MR) is 72.6 cm³/mol. The first kappa shape index (κ1) is 13.3. The quantitative estimate of drug-likeness (QED) is 0.853. The summed E-state index contributed by atoms with van der Waals surface area (Å²) in [7, 11) is 0. The average Bonchev–Trinajstić information content (AvgIpc) is 3.14. The van der Waals surface area contributed by atoms with Crippen LogP contribution in [0.2, 0.25) is 0 Å². The van der Waals surface area contributed by atoms with E-state index in [9.17, 15) is 0 Å². The van der Waals surface area contributed by atoms with E-state index in [1.807, 2.05) is 11.6 Å². The van der Waals surface area contributed by atoms with Gasteiger partial charge in [-0.1, -0.05) is 5.16 Å². The van der Waals surface area contributed by atoms with Gasteiger partial charge in [-0.2, -0.15) is 10.1 Å². The third-order valence-corrected chi connectivity index (χ3v) is 4.06. The van der Waals surface area contributed by atoms with Crippen molar-refractivity contribution in [2.24, 2.45) is 0 Å². The van der Waals surface area contributed by atoms with Crippen LogP contribution in [-0.4, -0.2) is 33.1 Å². The largest absolute Gasteiger partial charge is 0.381 e. The molecule has 1 saturated heterocycles. The molecule has 0 radical (unpaired) electrons. The van der Waals surface area contributed by atoms with Crippen LogP contribution in [0.5, 0.6) is 0 Å². The molecule has 0 unspecified atom stereocenters. The van der Waals surface area contributed by atoms with Gasteiger partial charge in [0.15, 0.2) is 5.82 Å². The molecule has 1 aliphatic rings. The zero-order valence-corrected chi connectivity index (χ0v) is 12.2. The fourth-order valence-corrected chi connectivity index (χ4v) is 2.48. The Morgan fingerprint density at radius 3 is 2.80 bits per heavy atom. The molecule has 2 aromatic rings. The lowest BCUT2D eigenvalue weighted by Crippen LogP contribution is -2.06. The minimum absolute atomic E-state index is 0.295.